The van der Waals surface area contributed by atoms with Gasteiger partial charge in [0.05, 0.1) is 12.4 Å². The number of ether oxygens (including phenoxy) is 1. The first kappa shape index (κ1) is 14.3. The van der Waals surface area contributed by atoms with Crippen molar-refractivity contribution in [2.75, 3.05) is 31.8 Å². The fourth-order valence-electron chi connectivity index (χ4n) is 0.917. The second-order valence-corrected chi connectivity index (χ2v) is 5.51. The van der Waals surface area contributed by atoms with Crippen molar-refractivity contribution in [3.63, 3.8) is 0 Å². The molecule has 1 atom stereocenters. The van der Waals surface area contributed by atoms with E-state index in [2.05, 4.69) is 10.1 Å². The molecule has 90 valence electrons. The molecular weight excluding hydrogens is 222 g/mol. The first-order valence-electron chi connectivity index (χ1n) is 4.58. The molecule has 0 fully saturated rings. The summed E-state index contributed by atoms with van der Waals surface area (Å²) in [6.45, 7) is 1.69. The summed E-state index contributed by atoms with van der Waals surface area (Å²) >= 11 is 0. The van der Waals surface area contributed by atoms with Crippen LogP contribution in [0.3, 0.4) is 0 Å². The van der Waals surface area contributed by atoms with E-state index < -0.39 is 21.8 Å². The normalized spacial score (nSPS) is 13.7. The molecule has 0 heterocycles. The minimum atomic E-state index is -3.05. The molecule has 0 aromatic carbocycles. The first-order chi connectivity index (χ1) is 6.93. The van der Waals surface area contributed by atoms with Crippen LogP contribution in [0.4, 0.5) is 0 Å². The van der Waals surface area contributed by atoms with Crippen molar-refractivity contribution < 1.29 is 23.1 Å². The molecule has 0 aromatic rings. The van der Waals surface area contributed by atoms with Gasteiger partial charge in [0.1, 0.15) is 6.04 Å². The molecule has 0 radical (unpaired) electrons. The van der Waals surface area contributed by atoms with Crippen molar-refractivity contribution in [2.45, 2.75) is 13.0 Å². The van der Waals surface area contributed by atoms with Gasteiger partial charge >= 0.3 is 5.97 Å². The number of carboxylic acid groups (broad SMARTS) is 1. The average molecular weight is 239 g/mol. The lowest BCUT2D eigenvalue weighted by Gasteiger charge is -2.12. The van der Waals surface area contributed by atoms with Crippen LogP contribution in [0, 0.1) is 0 Å². The lowest BCUT2D eigenvalue weighted by Crippen LogP contribution is -2.42. The molecule has 0 aliphatic heterocycles. The summed E-state index contributed by atoms with van der Waals surface area (Å²) < 4.78 is 26.9. The van der Waals surface area contributed by atoms with Crippen LogP contribution in [0.2, 0.25) is 0 Å². The summed E-state index contributed by atoms with van der Waals surface area (Å²) in [6.07, 6.45) is 0. The van der Waals surface area contributed by atoms with E-state index in [9.17, 15) is 13.2 Å². The summed E-state index contributed by atoms with van der Waals surface area (Å²) in [7, 11) is -1.66. The smallest absolute Gasteiger partial charge is 0.323 e. The van der Waals surface area contributed by atoms with Crippen LogP contribution in [0.15, 0.2) is 0 Å². The van der Waals surface area contributed by atoms with Gasteiger partial charge in [-0.3, -0.25) is 4.79 Å². The van der Waals surface area contributed by atoms with Gasteiger partial charge in [-0.25, -0.2) is 8.42 Å². The highest BCUT2D eigenvalue weighted by atomic mass is 32.2. The van der Waals surface area contributed by atoms with Gasteiger partial charge in [-0.2, -0.15) is 0 Å². The molecule has 2 N–H and O–H groups in total. The Morgan fingerprint density at radius 3 is 2.53 bits per heavy atom. The zero-order chi connectivity index (χ0) is 11.9. The lowest BCUT2D eigenvalue weighted by atomic mass is 10.3. The Bertz CT molecular complexity index is 287. The highest BCUT2D eigenvalue weighted by molar-refractivity contribution is 7.91. The fourth-order valence-corrected chi connectivity index (χ4v) is 1.63. The zero-order valence-corrected chi connectivity index (χ0v) is 9.71. The molecule has 0 spiro atoms. The Labute approximate surface area is 89.5 Å². The Morgan fingerprint density at radius 2 is 2.13 bits per heavy atom. The second kappa shape index (κ2) is 6.76. The van der Waals surface area contributed by atoms with E-state index in [1.165, 1.54) is 7.11 Å². The molecule has 1 unspecified atom stereocenters. The molecule has 7 heteroatoms. The predicted molar refractivity (Wildman–Crippen MR) is 55.6 cm³/mol. The van der Waals surface area contributed by atoms with Gasteiger partial charge in [-0.1, -0.05) is 6.92 Å². The molecule has 0 rings (SSSR count). The van der Waals surface area contributed by atoms with Gasteiger partial charge in [-0.05, 0) is 0 Å². The van der Waals surface area contributed by atoms with E-state index in [1.807, 2.05) is 0 Å². The SMILES string of the molecule is CCS(=O)(=O)CCNC(COC)C(=O)O. The summed E-state index contributed by atoms with van der Waals surface area (Å²) in [4.78, 5) is 10.6. The Hall–Kier alpha value is -0.660. The number of carbonyl (C=O) groups is 1. The minimum Gasteiger partial charge on any atom is -0.480 e. The molecule has 0 aliphatic rings. The maximum atomic E-state index is 11.1. The third-order valence-corrected chi connectivity index (χ3v) is 3.58. The number of methoxy groups -OCH3 is 1. The largest absolute Gasteiger partial charge is 0.480 e. The molecular formula is C8H17NO5S. The van der Waals surface area contributed by atoms with Gasteiger partial charge in [0.15, 0.2) is 9.84 Å². The van der Waals surface area contributed by atoms with Crippen molar-refractivity contribution in [1.82, 2.24) is 5.32 Å². The highest BCUT2D eigenvalue weighted by Crippen LogP contribution is 1.90. The molecule has 0 bridgehead atoms. The van der Waals surface area contributed by atoms with Crippen LogP contribution in [-0.4, -0.2) is 57.3 Å². The van der Waals surface area contributed by atoms with Crippen molar-refractivity contribution in [3.8, 4) is 0 Å². The van der Waals surface area contributed by atoms with Crippen LogP contribution < -0.4 is 5.32 Å². The number of hydrogen-bond donors (Lipinski definition) is 2. The summed E-state index contributed by atoms with van der Waals surface area (Å²) in [5, 5.41) is 11.3. The first-order valence-corrected chi connectivity index (χ1v) is 6.40. The van der Waals surface area contributed by atoms with E-state index in [-0.39, 0.29) is 24.7 Å². The van der Waals surface area contributed by atoms with Crippen molar-refractivity contribution in [1.29, 1.82) is 0 Å². The zero-order valence-electron chi connectivity index (χ0n) is 8.89. The maximum Gasteiger partial charge on any atom is 0.323 e. The van der Waals surface area contributed by atoms with E-state index in [1.54, 1.807) is 6.92 Å². The van der Waals surface area contributed by atoms with Crippen molar-refractivity contribution in [2.24, 2.45) is 0 Å². The van der Waals surface area contributed by atoms with Gasteiger partial charge in [0.25, 0.3) is 0 Å². The number of rotatable bonds is 8. The molecule has 0 saturated heterocycles. The van der Waals surface area contributed by atoms with E-state index in [0.29, 0.717) is 0 Å². The Kier molecular flexibility index (Phi) is 6.46. The molecule has 0 aliphatic carbocycles. The Balaban J connectivity index is 3.96. The van der Waals surface area contributed by atoms with Gasteiger partial charge < -0.3 is 15.2 Å². The number of aliphatic carboxylic acids is 1. The molecule has 0 aromatic heterocycles. The summed E-state index contributed by atoms with van der Waals surface area (Å²) in [5.74, 6) is -1.04. The standard InChI is InChI=1S/C8H17NO5S/c1-3-15(12,13)5-4-9-7(6-14-2)8(10)11/h7,9H,3-6H2,1-2H3,(H,10,11). The van der Waals surface area contributed by atoms with Gasteiger partial charge in [0, 0.05) is 19.4 Å². The van der Waals surface area contributed by atoms with Crippen LogP contribution in [0.25, 0.3) is 0 Å². The maximum absolute atomic E-state index is 11.1. The van der Waals surface area contributed by atoms with E-state index in [0.717, 1.165) is 0 Å². The third-order valence-electron chi connectivity index (χ3n) is 1.88. The molecule has 0 amide bonds. The third kappa shape index (κ3) is 6.43. The molecule has 15 heavy (non-hydrogen) atoms. The van der Waals surface area contributed by atoms with Gasteiger partial charge in [-0.15, -0.1) is 0 Å². The predicted octanol–water partition coefficient (Wildman–Crippen LogP) is -0.890. The summed E-state index contributed by atoms with van der Waals surface area (Å²) in [5.41, 5.74) is 0. The van der Waals surface area contributed by atoms with Crippen LogP contribution in [-0.2, 0) is 19.4 Å². The van der Waals surface area contributed by atoms with Crippen molar-refractivity contribution in [3.05, 3.63) is 0 Å². The Morgan fingerprint density at radius 1 is 1.53 bits per heavy atom. The number of hydrogen-bond acceptors (Lipinski definition) is 5. The quantitative estimate of drug-likeness (QED) is 0.571. The topological polar surface area (TPSA) is 92.7 Å². The van der Waals surface area contributed by atoms with Gasteiger partial charge in [0.2, 0.25) is 0 Å². The van der Waals surface area contributed by atoms with E-state index >= 15 is 0 Å². The molecule has 6 nitrogen and oxygen atoms in total. The molecule has 0 saturated carbocycles. The average Bonchev–Trinajstić information content (AvgIpc) is 2.16. The number of nitrogens with one attached hydrogen (secondary N) is 1. The van der Waals surface area contributed by atoms with Crippen molar-refractivity contribution >= 4 is 15.8 Å². The number of sulfone groups is 1. The number of carboxylic acids is 1. The van der Waals surface area contributed by atoms with Crippen LogP contribution in [0.5, 0.6) is 0 Å². The second-order valence-electron chi connectivity index (χ2n) is 3.04. The lowest BCUT2D eigenvalue weighted by molar-refractivity contribution is -0.140. The van der Waals surface area contributed by atoms with Crippen LogP contribution in [0.1, 0.15) is 6.92 Å². The van der Waals surface area contributed by atoms with Crippen LogP contribution >= 0.6 is 0 Å². The summed E-state index contributed by atoms with van der Waals surface area (Å²) in [6, 6.07) is -0.859. The highest BCUT2D eigenvalue weighted by Gasteiger charge is 2.17. The monoisotopic (exact) mass is 239 g/mol. The fraction of sp³-hybridized carbons (Fsp3) is 0.875. The van der Waals surface area contributed by atoms with E-state index in [4.69, 9.17) is 5.11 Å². The minimum absolute atomic E-state index is 0.0154.